The second kappa shape index (κ2) is 6.65. The van der Waals surface area contributed by atoms with Crippen LogP contribution in [0.1, 0.15) is 51.9 Å². The van der Waals surface area contributed by atoms with Gasteiger partial charge in [0.15, 0.2) is 0 Å². The molecule has 25 heavy (non-hydrogen) atoms. The van der Waals surface area contributed by atoms with Gasteiger partial charge in [-0.2, -0.15) is 0 Å². The van der Waals surface area contributed by atoms with Crippen LogP contribution in [0.3, 0.4) is 0 Å². The molecule has 0 bridgehead atoms. The second-order valence-electron chi connectivity index (χ2n) is 7.34. The lowest BCUT2D eigenvalue weighted by molar-refractivity contribution is -0.149. The molecule has 1 saturated carbocycles. The first kappa shape index (κ1) is 17.7. The molecular weight excluding hydrogens is 326 g/mol. The van der Waals surface area contributed by atoms with Crippen LogP contribution >= 0.6 is 0 Å². The highest BCUT2D eigenvalue weighted by molar-refractivity contribution is 6.09. The van der Waals surface area contributed by atoms with E-state index in [0.29, 0.717) is 38.1 Å². The van der Waals surface area contributed by atoms with Crippen LogP contribution in [-0.4, -0.2) is 63.4 Å². The summed E-state index contributed by atoms with van der Waals surface area (Å²) in [5.41, 5.74) is -0.875. The number of carbonyl (C=O) groups is 4. The highest BCUT2D eigenvalue weighted by Gasteiger charge is 2.53. The maximum absolute atomic E-state index is 12.8. The molecule has 2 aliphatic heterocycles. The standard InChI is InChI=1S/C17H25N3O5/c1-2-11-5-7-17(8-6-11)15(24)20(16(25)18-17)10-13(21)19-9-3-4-12(19)14(22)23/h11-12H,2-10H2,1H3,(H,18,25)(H,22,23)/t11?,12-,17?/m1/s1. The minimum atomic E-state index is -1.04. The normalized spacial score (nSPS) is 32.4. The van der Waals surface area contributed by atoms with Gasteiger partial charge in [0, 0.05) is 6.54 Å². The van der Waals surface area contributed by atoms with Gasteiger partial charge < -0.3 is 15.3 Å². The molecule has 0 aromatic rings. The van der Waals surface area contributed by atoms with E-state index in [4.69, 9.17) is 0 Å². The van der Waals surface area contributed by atoms with E-state index in [1.165, 1.54) is 4.90 Å². The molecule has 0 unspecified atom stereocenters. The second-order valence-corrected chi connectivity index (χ2v) is 7.34. The van der Waals surface area contributed by atoms with Gasteiger partial charge in [0.05, 0.1) is 0 Å². The molecule has 8 heteroatoms. The summed E-state index contributed by atoms with van der Waals surface area (Å²) in [6.45, 7) is 2.09. The Kier molecular flexibility index (Phi) is 4.71. The number of urea groups is 1. The number of rotatable bonds is 4. The number of hydrogen-bond acceptors (Lipinski definition) is 4. The number of carbonyl (C=O) groups excluding carboxylic acids is 3. The molecule has 3 rings (SSSR count). The molecule has 3 fully saturated rings. The van der Waals surface area contributed by atoms with E-state index in [2.05, 4.69) is 12.2 Å². The number of carboxylic acids is 1. The zero-order valence-electron chi connectivity index (χ0n) is 14.5. The molecule has 2 N–H and O–H groups in total. The highest BCUT2D eigenvalue weighted by Crippen LogP contribution is 2.37. The Morgan fingerprint density at radius 1 is 1.24 bits per heavy atom. The molecule has 138 valence electrons. The van der Waals surface area contributed by atoms with Crippen molar-refractivity contribution in [2.45, 2.75) is 63.5 Å². The van der Waals surface area contributed by atoms with Gasteiger partial charge in [0.1, 0.15) is 18.1 Å². The first-order valence-electron chi connectivity index (χ1n) is 9.04. The summed E-state index contributed by atoms with van der Waals surface area (Å²) in [5, 5.41) is 12.0. The van der Waals surface area contributed by atoms with Crippen LogP contribution in [0.25, 0.3) is 0 Å². The Morgan fingerprint density at radius 3 is 2.52 bits per heavy atom. The summed E-state index contributed by atoms with van der Waals surface area (Å²) in [7, 11) is 0. The lowest BCUT2D eigenvalue weighted by atomic mass is 9.75. The van der Waals surface area contributed by atoms with Crippen LogP contribution in [0.4, 0.5) is 4.79 Å². The van der Waals surface area contributed by atoms with Crippen LogP contribution < -0.4 is 5.32 Å². The maximum Gasteiger partial charge on any atom is 0.326 e. The Balaban J connectivity index is 1.67. The molecule has 1 aliphatic carbocycles. The number of carboxylic acid groups (broad SMARTS) is 1. The van der Waals surface area contributed by atoms with Crippen molar-refractivity contribution >= 4 is 23.8 Å². The Morgan fingerprint density at radius 2 is 1.92 bits per heavy atom. The number of imide groups is 1. The number of aliphatic carboxylic acids is 1. The van der Waals surface area contributed by atoms with Crippen molar-refractivity contribution in [3.05, 3.63) is 0 Å². The van der Waals surface area contributed by atoms with Gasteiger partial charge in [-0.1, -0.05) is 13.3 Å². The van der Waals surface area contributed by atoms with Crippen LogP contribution in [0.2, 0.25) is 0 Å². The largest absolute Gasteiger partial charge is 0.480 e. The summed E-state index contributed by atoms with van der Waals surface area (Å²) < 4.78 is 0. The molecule has 2 heterocycles. The number of nitrogens with zero attached hydrogens (tertiary/aromatic N) is 2. The van der Waals surface area contributed by atoms with E-state index in [9.17, 15) is 24.3 Å². The van der Waals surface area contributed by atoms with Gasteiger partial charge >= 0.3 is 12.0 Å². The van der Waals surface area contributed by atoms with E-state index < -0.39 is 29.5 Å². The van der Waals surface area contributed by atoms with Crippen molar-refractivity contribution in [3.63, 3.8) is 0 Å². The summed E-state index contributed by atoms with van der Waals surface area (Å²) in [6.07, 6.45) is 5.06. The number of likely N-dealkylation sites (tertiary alicyclic amines) is 1. The van der Waals surface area contributed by atoms with Crippen molar-refractivity contribution in [1.29, 1.82) is 0 Å². The van der Waals surface area contributed by atoms with Gasteiger partial charge in [0.2, 0.25) is 5.91 Å². The van der Waals surface area contributed by atoms with Crippen LogP contribution in [0, 0.1) is 5.92 Å². The van der Waals surface area contributed by atoms with Crippen molar-refractivity contribution in [2.24, 2.45) is 5.92 Å². The SMILES string of the molecule is CCC1CCC2(CC1)NC(=O)N(CC(=O)N1CCC[C@@H]1C(=O)O)C2=O. The Labute approximate surface area is 146 Å². The predicted molar refractivity (Wildman–Crippen MR) is 87.6 cm³/mol. The lowest BCUT2D eigenvalue weighted by Gasteiger charge is -2.34. The highest BCUT2D eigenvalue weighted by atomic mass is 16.4. The lowest BCUT2D eigenvalue weighted by Crippen LogP contribution is -2.50. The van der Waals surface area contributed by atoms with E-state index >= 15 is 0 Å². The van der Waals surface area contributed by atoms with E-state index in [-0.39, 0.29) is 12.5 Å². The first-order chi connectivity index (χ1) is 11.9. The monoisotopic (exact) mass is 351 g/mol. The first-order valence-corrected chi connectivity index (χ1v) is 9.04. The van der Waals surface area contributed by atoms with Crippen molar-refractivity contribution in [2.75, 3.05) is 13.1 Å². The fourth-order valence-corrected chi connectivity index (χ4v) is 4.29. The van der Waals surface area contributed by atoms with E-state index in [0.717, 1.165) is 24.2 Å². The zero-order valence-corrected chi connectivity index (χ0v) is 14.5. The third-order valence-electron chi connectivity index (χ3n) is 5.93. The predicted octanol–water partition coefficient (Wildman–Crippen LogP) is 0.953. The van der Waals surface area contributed by atoms with Gasteiger partial charge in [-0.05, 0) is 44.4 Å². The Hall–Kier alpha value is -2.12. The molecule has 1 atom stereocenters. The van der Waals surface area contributed by atoms with Gasteiger partial charge in [-0.3, -0.25) is 14.5 Å². The molecule has 2 saturated heterocycles. The number of nitrogens with one attached hydrogen (secondary N) is 1. The zero-order chi connectivity index (χ0) is 18.2. The molecular formula is C17H25N3O5. The molecule has 0 radical (unpaired) electrons. The number of amides is 4. The topological polar surface area (TPSA) is 107 Å². The summed E-state index contributed by atoms with van der Waals surface area (Å²) in [4.78, 5) is 51.0. The molecule has 4 amide bonds. The van der Waals surface area contributed by atoms with Crippen molar-refractivity contribution in [3.8, 4) is 0 Å². The smallest absolute Gasteiger partial charge is 0.326 e. The third kappa shape index (κ3) is 3.09. The summed E-state index contributed by atoms with van der Waals surface area (Å²) >= 11 is 0. The van der Waals surface area contributed by atoms with Crippen molar-refractivity contribution < 1.29 is 24.3 Å². The molecule has 8 nitrogen and oxygen atoms in total. The average molecular weight is 351 g/mol. The van der Waals surface area contributed by atoms with Gasteiger partial charge in [-0.15, -0.1) is 0 Å². The van der Waals surface area contributed by atoms with Gasteiger partial charge in [-0.25, -0.2) is 9.59 Å². The Bertz CT molecular complexity index is 597. The van der Waals surface area contributed by atoms with E-state index in [1.807, 2.05) is 0 Å². The van der Waals surface area contributed by atoms with Crippen LogP contribution in [0.15, 0.2) is 0 Å². The van der Waals surface area contributed by atoms with Gasteiger partial charge in [0.25, 0.3) is 5.91 Å². The average Bonchev–Trinajstić information content (AvgIpc) is 3.16. The summed E-state index contributed by atoms with van der Waals surface area (Å²) in [6, 6.07) is -1.40. The minimum absolute atomic E-state index is 0.341. The molecule has 0 aromatic carbocycles. The third-order valence-corrected chi connectivity index (χ3v) is 5.93. The fourth-order valence-electron chi connectivity index (χ4n) is 4.29. The van der Waals surface area contributed by atoms with Crippen LogP contribution in [0.5, 0.6) is 0 Å². The quantitative estimate of drug-likeness (QED) is 0.734. The fraction of sp³-hybridized carbons (Fsp3) is 0.765. The van der Waals surface area contributed by atoms with E-state index in [1.54, 1.807) is 0 Å². The van der Waals surface area contributed by atoms with Crippen molar-refractivity contribution in [1.82, 2.24) is 15.1 Å². The summed E-state index contributed by atoms with van der Waals surface area (Å²) in [5.74, 6) is -1.29. The minimum Gasteiger partial charge on any atom is -0.480 e. The number of hydrogen-bond donors (Lipinski definition) is 2. The molecule has 0 aromatic heterocycles. The maximum atomic E-state index is 12.8. The molecule has 3 aliphatic rings. The van der Waals surface area contributed by atoms with Crippen LogP contribution in [-0.2, 0) is 14.4 Å². The molecule has 1 spiro atoms.